The Morgan fingerprint density at radius 2 is 2.26 bits per heavy atom. The van der Waals surface area contributed by atoms with Gasteiger partial charge in [-0.2, -0.15) is 0 Å². The van der Waals surface area contributed by atoms with Crippen LogP contribution in [0, 0.1) is 5.82 Å². The molecule has 0 unspecified atom stereocenters. The maximum atomic E-state index is 13.6. The summed E-state index contributed by atoms with van der Waals surface area (Å²) in [5, 5.41) is 2.78. The summed E-state index contributed by atoms with van der Waals surface area (Å²) in [6, 6.07) is 5.22. The third-order valence-corrected chi connectivity index (χ3v) is 4.00. The van der Waals surface area contributed by atoms with Gasteiger partial charge in [0.2, 0.25) is 0 Å². The Morgan fingerprint density at radius 3 is 2.84 bits per heavy atom. The SMILES string of the molecule is CCN(CCNC(=O)c1c(F)cccc1Br)C1CC1. The molecule has 0 heterocycles. The molecule has 1 saturated carbocycles. The lowest BCUT2D eigenvalue weighted by molar-refractivity contribution is 0.0943. The first-order valence-electron chi connectivity index (χ1n) is 6.59. The lowest BCUT2D eigenvalue weighted by atomic mass is 10.2. The van der Waals surface area contributed by atoms with E-state index in [1.807, 2.05) is 0 Å². The molecule has 1 fully saturated rings. The summed E-state index contributed by atoms with van der Waals surface area (Å²) in [5.74, 6) is -0.863. The molecule has 0 radical (unpaired) electrons. The molecule has 0 atom stereocenters. The van der Waals surface area contributed by atoms with Gasteiger partial charge in [-0.15, -0.1) is 0 Å². The van der Waals surface area contributed by atoms with E-state index in [2.05, 4.69) is 33.1 Å². The zero-order valence-electron chi connectivity index (χ0n) is 11.0. The van der Waals surface area contributed by atoms with E-state index in [0.717, 1.165) is 13.1 Å². The molecule has 0 spiro atoms. The summed E-state index contributed by atoms with van der Waals surface area (Å²) in [6.45, 7) is 4.47. The molecule has 1 aromatic rings. The summed E-state index contributed by atoms with van der Waals surface area (Å²) in [6.07, 6.45) is 2.50. The first kappa shape index (κ1) is 14.5. The van der Waals surface area contributed by atoms with Crippen molar-refractivity contribution >= 4 is 21.8 Å². The molecule has 0 aliphatic heterocycles. The number of hydrogen-bond donors (Lipinski definition) is 1. The Balaban J connectivity index is 1.87. The highest BCUT2D eigenvalue weighted by atomic mass is 79.9. The molecule has 1 aliphatic carbocycles. The van der Waals surface area contributed by atoms with Crippen LogP contribution in [0.4, 0.5) is 4.39 Å². The fourth-order valence-corrected chi connectivity index (χ4v) is 2.68. The predicted octanol–water partition coefficient (Wildman–Crippen LogP) is 2.80. The second-order valence-electron chi connectivity index (χ2n) is 4.71. The Kier molecular flexibility index (Phi) is 4.93. The van der Waals surface area contributed by atoms with Gasteiger partial charge in [0.15, 0.2) is 0 Å². The molecule has 5 heteroatoms. The summed E-state index contributed by atoms with van der Waals surface area (Å²) < 4.78 is 14.1. The standard InChI is InChI=1S/C14H18BrFN2O/c1-2-18(10-6-7-10)9-8-17-14(19)13-11(15)4-3-5-12(13)16/h3-5,10H,2,6-9H2,1H3,(H,17,19). The molecule has 3 nitrogen and oxygen atoms in total. The molecule has 2 rings (SSSR count). The highest BCUT2D eigenvalue weighted by Gasteiger charge is 2.27. The topological polar surface area (TPSA) is 32.3 Å². The smallest absolute Gasteiger partial charge is 0.255 e. The second kappa shape index (κ2) is 6.48. The van der Waals surface area contributed by atoms with Gasteiger partial charge in [0, 0.05) is 23.6 Å². The van der Waals surface area contributed by atoms with Crippen molar-refractivity contribution in [2.24, 2.45) is 0 Å². The van der Waals surface area contributed by atoms with Crippen molar-refractivity contribution < 1.29 is 9.18 Å². The number of nitrogens with one attached hydrogen (secondary N) is 1. The minimum atomic E-state index is -0.499. The molecule has 19 heavy (non-hydrogen) atoms. The first-order valence-corrected chi connectivity index (χ1v) is 7.39. The molecule has 1 aliphatic rings. The number of benzene rings is 1. The fraction of sp³-hybridized carbons (Fsp3) is 0.500. The number of carbonyl (C=O) groups excluding carboxylic acids is 1. The van der Waals surface area contributed by atoms with Gasteiger partial charge in [-0.1, -0.05) is 13.0 Å². The van der Waals surface area contributed by atoms with Gasteiger partial charge in [-0.3, -0.25) is 9.69 Å². The Hall–Kier alpha value is -0.940. The van der Waals surface area contributed by atoms with Crippen molar-refractivity contribution in [3.05, 3.63) is 34.1 Å². The van der Waals surface area contributed by atoms with Gasteiger partial charge in [0.25, 0.3) is 5.91 Å². The molecule has 0 bridgehead atoms. The van der Waals surface area contributed by atoms with Crippen LogP contribution in [0.25, 0.3) is 0 Å². The van der Waals surface area contributed by atoms with E-state index in [1.165, 1.54) is 18.9 Å². The van der Waals surface area contributed by atoms with Crippen LogP contribution in [0.3, 0.4) is 0 Å². The number of rotatable bonds is 6. The quantitative estimate of drug-likeness (QED) is 0.870. The lowest BCUT2D eigenvalue weighted by Crippen LogP contribution is -2.36. The van der Waals surface area contributed by atoms with Crippen molar-refractivity contribution in [1.82, 2.24) is 10.2 Å². The van der Waals surface area contributed by atoms with Gasteiger partial charge in [0.05, 0.1) is 5.56 Å². The van der Waals surface area contributed by atoms with Gasteiger partial charge < -0.3 is 5.32 Å². The van der Waals surface area contributed by atoms with E-state index in [4.69, 9.17) is 0 Å². The van der Waals surface area contributed by atoms with Crippen molar-refractivity contribution in [1.29, 1.82) is 0 Å². The number of amides is 1. The highest BCUT2D eigenvalue weighted by Crippen LogP contribution is 2.25. The maximum absolute atomic E-state index is 13.6. The normalized spacial score (nSPS) is 14.7. The van der Waals surface area contributed by atoms with E-state index < -0.39 is 5.82 Å². The summed E-state index contributed by atoms with van der Waals surface area (Å²) in [4.78, 5) is 14.3. The Morgan fingerprint density at radius 1 is 1.53 bits per heavy atom. The predicted molar refractivity (Wildman–Crippen MR) is 76.7 cm³/mol. The molecule has 1 aromatic carbocycles. The molecule has 1 amide bonds. The van der Waals surface area contributed by atoms with Crippen LogP contribution in [0.2, 0.25) is 0 Å². The van der Waals surface area contributed by atoms with Gasteiger partial charge in [-0.05, 0) is 47.4 Å². The van der Waals surface area contributed by atoms with Crippen molar-refractivity contribution in [2.45, 2.75) is 25.8 Å². The third kappa shape index (κ3) is 3.76. The fourth-order valence-electron chi connectivity index (χ4n) is 2.15. The monoisotopic (exact) mass is 328 g/mol. The third-order valence-electron chi connectivity index (χ3n) is 3.34. The van der Waals surface area contributed by atoms with Gasteiger partial charge >= 0.3 is 0 Å². The van der Waals surface area contributed by atoms with Crippen LogP contribution in [-0.2, 0) is 0 Å². The number of carbonyl (C=O) groups is 1. The van der Waals surface area contributed by atoms with Crippen LogP contribution in [0.1, 0.15) is 30.1 Å². The number of hydrogen-bond acceptors (Lipinski definition) is 2. The zero-order valence-corrected chi connectivity index (χ0v) is 12.5. The van der Waals surface area contributed by atoms with Crippen LogP contribution in [0.15, 0.2) is 22.7 Å². The minimum absolute atomic E-state index is 0.0805. The number of likely N-dealkylation sites (N-methyl/N-ethyl adjacent to an activating group) is 1. The molecule has 0 saturated heterocycles. The van der Waals surface area contributed by atoms with Crippen molar-refractivity contribution in [3.8, 4) is 0 Å². The largest absolute Gasteiger partial charge is 0.351 e. The molecule has 104 valence electrons. The minimum Gasteiger partial charge on any atom is -0.351 e. The number of nitrogens with zero attached hydrogens (tertiary/aromatic N) is 1. The molecular formula is C14H18BrFN2O. The van der Waals surface area contributed by atoms with E-state index in [0.29, 0.717) is 17.1 Å². The van der Waals surface area contributed by atoms with Crippen molar-refractivity contribution in [2.75, 3.05) is 19.6 Å². The summed E-state index contributed by atoms with van der Waals surface area (Å²) >= 11 is 3.20. The van der Waals surface area contributed by atoms with Crippen LogP contribution < -0.4 is 5.32 Å². The zero-order chi connectivity index (χ0) is 13.8. The summed E-state index contributed by atoms with van der Waals surface area (Å²) in [7, 11) is 0. The van der Waals surface area contributed by atoms with Gasteiger partial charge in [0.1, 0.15) is 5.82 Å². The Bertz CT molecular complexity index is 443. The van der Waals surface area contributed by atoms with Crippen molar-refractivity contribution in [3.63, 3.8) is 0 Å². The highest BCUT2D eigenvalue weighted by molar-refractivity contribution is 9.10. The van der Waals surface area contributed by atoms with E-state index in [1.54, 1.807) is 12.1 Å². The molecular weight excluding hydrogens is 311 g/mol. The summed E-state index contributed by atoms with van der Waals surface area (Å²) in [5.41, 5.74) is 0.0805. The van der Waals surface area contributed by atoms with Crippen LogP contribution in [-0.4, -0.2) is 36.5 Å². The average Bonchev–Trinajstić information content (AvgIpc) is 3.18. The van der Waals surface area contributed by atoms with Crippen LogP contribution in [0.5, 0.6) is 0 Å². The lowest BCUT2D eigenvalue weighted by Gasteiger charge is -2.19. The Labute approximate surface area is 121 Å². The number of halogens is 2. The maximum Gasteiger partial charge on any atom is 0.255 e. The van der Waals surface area contributed by atoms with Gasteiger partial charge in [-0.25, -0.2) is 4.39 Å². The van der Waals surface area contributed by atoms with E-state index in [-0.39, 0.29) is 11.5 Å². The van der Waals surface area contributed by atoms with E-state index >= 15 is 0 Å². The first-order chi connectivity index (χ1) is 9.13. The van der Waals surface area contributed by atoms with Crippen LogP contribution >= 0.6 is 15.9 Å². The van der Waals surface area contributed by atoms with E-state index in [9.17, 15) is 9.18 Å². The molecule has 1 N–H and O–H groups in total. The second-order valence-corrected chi connectivity index (χ2v) is 5.57. The average molecular weight is 329 g/mol. The molecule has 0 aromatic heterocycles.